The molecule has 0 spiro atoms. The molecule has 0 amide bonds. The molecule has 1 heterocycles. The van der Waals surface area contributed by atoms with Crippen molar-refractivity contribution in [1.29, 1.82) is 0 Å². The second kappa shape index (κ2) is 5.82. The van der Waals surface area contributed by atoms with Gasteiger partial charge in [0.05, 0.1) is 7.11 Å². The third-order valence-electron chi connectivity index (χ3n) is 4.36. The molecule has 3 heteroatoms. The SMILES string of the molecule is COc1ccc(Br)cc1CC1(c2ccc(C)cc2)CNC1. The maximum Gasteiger partial charge on any atom is 0.122 e. The normalized spacial score (nSPS) is 16.3. The molecule has 1 aliphatic rings. The van der Waals surface area contributed by atoms with Crippen molar-refractivity contribution in [2.45, 2.75) is 18.8 Å². The van der Waals surface area contributed by atoms with Crippen LogP contribution in [0.3, 0.4) is 0 Å². The molecule has 0 bridgehead atoms. The molecule has 3 rings (SSSR count). The minimum absolute atomic E-state index is 0.182. The lowest BCUT2D eigenvalue weighted by atomic mass is 9.71. The molecule has 1 aliphatic heterocycles. The lowest BCUT2D eigenvalue weighted by Gasteiger charge is -2.44. The molecular formula is C18H20BrNO. The second-order valence-corrected chi connectivity index (χ2v) is 6.80. The summed E-state index contributed by atoms with van der Waals surface area (Å²) < 4.78 is 6.63. The van der Waals surface area contributed by atoms with Crippen LogP contribution in [0.4, 0.5) is 0 Å². The quantitative estimate of drug-likeness (QED) is 0.908. The highest BCUT2D eigenvalue weighted by Crippen LogP contribution is 2.36. The van der Waals surface area contributed by atoms with Crippen LogP contribution in [0.15, 0.2) is 46.9 Å². The number of hydrogen-bond donors (Lipinski definition) is 1. The van der Waals surface area contributed by atoms with Gasteiger partial charge in [-0.2, -0.15) is 0 Å². The Kier molecular flexibility index (Phi) is 4.05. The largest absolute Gasteiger partial charge is 0.496 e. The molecule has 0 radical (unpaired) electrons. The summed E-state index contributed by atoms with van der Waals surface area (Å²) in [5.41, 5.74) is 4.16. The maximum atomic E-state index is 5.53. The first-order valence-electron chi connectivity index (χ1n) is 7.23. The van der Waals surface area contributed by atoms with Crippen LogP contribution < -0.4 is 10.1 Å². The van der Waals surface area contributed by atoms with Crippen LogP contribution in [0.5, 0.6) is 5.75 Å². The molecule has 0 unspecified atom stereocenters. The monoisotopic (exact) mass is 345 g/mol. The summed E-state index contributed by atoms with van der Waals surface area (Å²) in [6, 6.07) is 15.2. The molecule has 1 saturated heterocycles. The summed E-state index contributed by atoms with van der Waals surface area (Å²) in [4.78, 5) is 0. The first-order valence-corrected chi connectivity index (χ1v) is 8.03. The summed E-state index contributed by atoms with van der Waals surface area (Å²) in [7, 11) is 1.74. The van der Waals surface area contributed by atoms with E-state index < -0.39 is 0 Å². The standard InChI is InChI=1S/C18H20BrNO/c1-13-3-5-15(6-4-13)18(11-20-12-18)10-14-9-16(19)7-8-17(14)21-2/h3-9,20H,10-12H2,1-2H3. The zero-order valence-electron chi connectivity index (χ0n) is 12.4. The van der Waals surface area contributed by atoms with Crippen LogP contribution >= 0.6 is 15.9 Å². The predicted octanol–water partition coefficient (Wildman–Crippen LogP) is 3.85. The average molecular weight is 346 g/mol. The Bertz CT molecular complexity index is 632. The highest BCUT2D eigenvalue weighted by molar-refractivity contribution is 9.10. The predicted molar refractivity (Wildman–Crippen MR) is 90.1 cm³/mol. The van der Waals surface area contributed by atoms with Crippen LogP contribution in [0.25, 0.3) is 0 Å². The van der Waals surface area contributed by atoms with Gasteiger partial charge in [0.15, 0.2) is 0 Å². The van der Waals surface area contributed by atoms with Crippen molar-refractivity contribution < 1.29 is 4.74 Å². The summed E-state index contributed by atoms with van der Waals surface area (Å²) in [5, 5.41) is 3.43. The topological polar surface area (TPSA) is 21.3 Å². The Morgan fingerprint density at radius 2 is 1.86 bits per heavy atom. The third kappa shape index (κ3) is 2.85. The zero-order valence-corrected chi connectivity index (χ0v) is 14.0. The van der Waals surface area contributed by atoms with Crippen molar-refractivity contribution in [2.75, 3.05) is 20.2 Å². The van der Waals surface area contributed by atoms with Crippen LogP contribution in [-0.4, -0.2) is 20.2 Å². The molecule has 0 aromatic heterocycles. The van der Waals surface area contributed by atoms with Crippen LogP contribution in [0.2, 0.25) is 0 Å². The van der Waals surface area contributed by atoms with Gasteiger partial charge in [-0.1, -0.05) is 45.8 Å². The Morgan fingerprint density at radius 1 is 1.14 bits per heavy atom. The van der Waals surface area contributed by atoms with E-state index in [-0.39, 0.29) is 5.41 Å². The van der Waals surface area contributed by atoms with Gasteiger partial charge in [0.1, 0.15) is 5.75 Å². The molecule has 0 saturated carbocycles. The van der Waals surface area contributed by atoms with E-state index in [1.165, 1.54) is 16.7 Å². The van der Waals surface area contributed by atoms with Crippen molar-refractivity contribution in [3.63, 3.8) is 0 Å². The summed E-state index contributed by atoms with van der Waals surface area (Å²) in [6.45, 7) is 4.17. The van der Waals surface area contributed by atoms with Crippen molar-refractivity contribution in [3.05, 3.63) is 63.6 Å². The molecule has 2 aromatic rings. The van der Waals surface area contributed by atoms with E-state index in [1.54, 1.807) is 7.11 Å². The van der Waals surface area contributed by atoms with Crippen LogP contribution in [0.1, 0.15) is 16.7 Å². The Labute approximate surface area is 134 Å². The molecular weight excluding hydrogens is 326 g/mol. The number of aryl methyl sites for hydroxylation is 1. The minimum Gasteiger partial charge on any atom is -0.496 e. The van der Waals surface area contributed by atoms with E-state index in [1.807, 2.05) is 12.1 Å². The number of benzene rings is 2. The van der Waals surface area contributed by atoms with E-state index in [9.17, 15) is 0 Å². The number of ether oxygens (including phenoxy) is 1. The molecule has 0 atom stereocenters. The van der Waals surface area contributed by atoms with Crippen LogP contribution in [-0.2, 0) is 11.8 Å². The van der Waals surface area contributed by atoms with Crippen molar-refractivity contribution in [3.8, 4) is 5.75 Å². The molecule has 110 valence electrons. The number of rotatable bonds is 4. The fraction of sp³-hybridized carbons (Fsp3) is 0.333. The lowest BCUT2D eigenvalue weighted by Crippen LogP contribution is -2.58. The van der Waals surface area contributed by atoms with Crippen molar-refractivity contribution in [1.82, 2.24) is 5.32 Å². The molecule has 0 aliphatic carbocycles. The summed E-state index contributed by atoms with van der Waals surface area (Å²) in [6.07, 6.45) is 0.992. The van der Waals surface area contributed by atoms with Crippen molar-refractivity contribution >= 4 is 15.9 Å². The number of halogens is 1. The first-order chi connectivity index (χ1) is 10.1. The fourth-order valence-corrected chi connectivity index (χ4v) is 3.42. The van der Waals surface area contributed by atoms with Gasteiger partial charge in [0.25, 0.3) is 0 Å². The summed E-state index contributed by atoms with van der Waals surface area (Å²) >= 11 is 3.57. The van der Waals surface area contributed by atoms with Gasteiger partial charge in [-0.15, -0.1) is 0 Å². The van der Waals surface area contributed by atoms with Gasteiger partial charge in [-0.25, -0.2) is 0 Å². The van der Waals surface area contributed by atoms with Gasteiger partial charge >= 0.3 is 0 Å². The van der Waals surface area contributed by atoms with Crippen LogP contribution in [0, 0.1) is 6.92 Å². The highest BCUT2D eigenvalue weighted by Gasteiger charge is 2.39. The third-order valence-corrected chi connectivity index (χ3v) is 4.86. The van der Waals surface area contributed by atoms with Gasteiger partial charge in [-0.05, 0) is 42.7 Å². The number of nitrogens with one attached hydrogen (secondary N) is 1. The first kappa shape index (κ1) is 14.6. The second-order valence-electron chi connectivity index (χ2n) is 5.88. The molecule has 2 aromatic carbocycles. The number of hydrogen-bond acceptors (Lipinski definition) is 2. The van der Waals surface area contributed by atoms with Gasteiger partial charge in [-0.3, -0.25) is 0 Å². The Balaban J connectivity index is 1.94. The Morgan fingerprint density at radius 3 is 2.43 bits per heavy atom. The van der Waals surface area contributed by atoms with Gasteiger partial charge < -0.3 is 10.1 Å². The smallest absolute Gasteiger partial charge is 0.122 e. The molecule has 1 fully saturated rings. The zero-order chi connectivity index (χ0) is 14.9. The molecule has 1 N–H and O–H groups in total. The Hall–Kier alpha value is -1.32. The lowest BCUT2D eigenvalue weighted by molar-refractivity contribution is 0.271. The summed E-state index contributed by atoms with van der Waals surface area (Å²) in [5.74, 6) is 0.969. The van der Waals surface area contributed by atoms with E-state index >= 15 is 0 Å². The van der Waals surface area contributed by atoms with Crippen molar-refractivity contribution in [2.24, 2.45) is 0 Å². The molecule has 2 nitrogen and oxygen atoms in total. The minimum atomic E-state index is 0.182. The molecule has 21 heavy (non-hydrogen) atoms. The maximum absolute atomic E-state index is 5.53. The van der Waals surface area contributed by atoms with Gasteiger partial charge in [0, 0.05) is 23.0 Å². The van der Waals surface area contributed by atoms with Gasteiger partial charge in [0.2, 0.25) is 0 Å². The fourth-order valence-electron chi connectivity index (χ4n) is 3.01. The highest BCUT2D eigenvalue weighted by atomic mass is 79.9. The van der Waals surface area contributed by atoms with E-state index in [0.29, 0.717) is 0 Å². The average Bonchev–Trinajstić information content (AvgIpc) is 2.44. The van der Waals surface area contributed by atoms with E-state index in [2.05, 4.69) is 58.5 Å². The van der Waals surface area contributed by atoms with E-state index in [4.69, 9.17) is 4.74 Å². The number of methoxy groups -OCH3 is 1. The van der Waals surface area contributed by atoms with E-state index in [0.717, 1.165) is 29.7 Å².